The summed E-state index contributed by atoms with van der Waals surface area (Å²) < 4.78 is 5.28. The summed E-state index contributed by atoms with van der Waals surface area (Å²) in [6, 6.07) is 14.1. The van der Waals surface area contributed by atoms with Crippen molar-refractivity contribution in [1.82, 2.24) is 15.0 Å². The number of halogens is 2. The number of nitrogens with zero attached hydrogens (tertiary/aromatic N) is 3. The number of methoxy groups -OCH3 is 1. The smallest absolute Gasteiger partial charge is 0.320 e. The largest absolute Gasteiger partial charge is 0.467 e. The molecule has 0 aliphatic rings. The van der Waals surface area contributed by atoms with Crippen LogP contribution in [0.5, 0.6) is 6.01 Å². The molecular weight excluding hydrogens is 395 g/mol. The minimum Gasteiger partial charge on any atom is -0.467 e. The summed E-state index contributed by atoms with van der Waals surface area (Å²) in [6.45, 7) is 4.82. The Kier molecular flexibility index (Phi) is 7.75. The van der Waals surface area contributed by atoms with E-state index >= 15 is 0 Å². The molecule has 28 heavy (non-hydrogen) atoms. The molecule has 0 spiro atoms. The summed E-state index contributed by atoms with van der Waals surface area (Å²) in [5.74, 6) is 1.61. The van der Waals surface area contributed by atoms with Crippen molar-refractivity contribution in [3.05, 3.63) is 58.6 Å². The highest BCUT2D eigenvalue weighted by Gasteiger charge is 2.14. The molecule has 0 unspecified atom stereocenters. The maximum absolute atomic E-state index is 6.37. The van der Waals surface area contributed by atoms with E-state index in [-0.39, 0.29) is 18.4 Å². The van der Waals surface area contributed by atoms with E-state index in [1.807, 2.05) is 24.3 Å². The van der Waals surface area contributed by atoms with Crippen LogP contribution in [0, 0.1) is 5.92 Å². The van der Waals surface area contributed by atoms with Gasteiger partial charge in [0.25, 0.3) is 0 Å². The van der Waals surface area contributed by atoms with Crippen LogP contribution in [0.25, 0.3) is 22.8 Å². The van der Waals surface area contributed by atoms with E-state index in [4.69, 9.17) is 22.1 Å². The number of hydrogen-bond acceptors (Lipinski definition) is 5. The van der Waals surface area contributed by atoms with Crippen LogP contribution in [0.4, 0.5) is 0 Å². The van der Waals surface area contributed by atoms with Crippen molar-refractivity contribution in [1.29, 1.82) is 0 Å². The third kappa shape index (κ3) is 5.19. The Morgan fingerprint density at radius 2 is 1.61 bits per heavy atom. The number of ether oxygens (including phenoxy) is 1. The highest BCUT2D eigenvalue weighted by atomic mass is 35.5. The van der Waals surface area contributed by atoms with E-state index in [0.717, 1.165) is 17.5 Å². The van der Waals surface area contributed by atoms with Gasteiger partial charge in [0.2, 0.25) is 0 Å². The molecule has 0 saturated carbocycles. The third-order valence-corrected chi connectivity index (χ3v) is 4.49. The zero-order valence-electron chi connectivity index (χ0n) is 16.1. The normalized spacial score (nSPS) is 10.6. The minimum atomic E-state index is 0. The van der Waals surface area contributed by atoms with Gasteiger partial charge in [0, 0.05) is 17.7 Å². The quantitative estimate of drug-likeness (QED) is 0.612. The number of nitrogens with two attached hydrogens (primary N) is 1. The summed E-state index contributed by atoms with van der Waals surface area (Å²) in [5, 5.41) is 0.554. The average Bonchev–Trinajstić information content (AvgIpc) is 2.68. The van der Waals surface area contributed by atoms with Gasteiger partial charge in [0.15, 0.2) is 11.6 Å². The molecule has 0 saturated heterocycles. The molecule has 3 rings (SSSR count). The summed E-state index contributed by atoms with van der Waals surface area (Å²) in [7, 11) is 1.53. The van der Waals surface area contributed by atoms with Crippen LogP contribution in [0.3, 0.4) is 0 Å². The number of rotatable bonds is 6. The molecule has 0 radical (unpaired) electrons. The molecule has 7 heteroatoms. The average molecular weight is 419 g/mol. The lowest BCUT2D eigenvalue weighted by atomic mass is 10.0. The molecule has 2 N–H and O–H groups in total. The highest BCUT2D eigenvalue weighted by Crippen LogP contribution is 2.29. The maximum Gasteiger partial charge on any atom is 0.320 e. The van der Waals surface area contributed by atoms with Gasteiger partial charge in [-0.05, 0) is 35.6 Å². The molecule has 1 aromatic heterocycles. The van der Waals surface area contributed by atoms with E-state index in [1.54, 1.807) is 6.07 Å². The van der Waals surface area contributed by atoms with Crippen LogP contribution in [0.1, 0.15) is 25.0 Å². The van der Waals surface area contributed by atoms with Gasteiger partial charge in [-0.15, -0.1) is 12.4 Å². The van der Waals surface area contributed by atoms with Gasteiger partial charge in [0.05, 0.1) is 12.1 Å². The second-order valence-corrected chi connectivity index (χ2v) is 7.19. The van der Waals surface area contributed by atoms with Gasteiger partial charge in [-0.1, -0.05) is 55.8 Å². The molecular formula is C21H24Cl2N4O. The van der Waals surface area contributed by atoms with Gasteiger partial charge in [-0.3, -0.25) is 0 Å². The SMILES string of the molecule is COc1nc(-c2ccc(CC(C)C)cc2)nc(-c2cc(CN)ccc2Cl)n1.Cl. The van der Waals surface area contributed by atoms with Gasteiger partial charge >= 0.3 is 6.01 Å². The van der Waals surface area contributed by atoms with Crippen molar-refractivity contribution >= 4 is 24.0 Å². The summed E-state index contributed by atoms with van der Waals surface area (Å²) in [4.78, 5) is 13.4. The first kappa shape index (κ1) is 22.1. The van der Waals surface area contributed by atoms with Crippen molar-refractivity contribution in [2.24, 2.45) is 11.7 Å². The number of aromatic nitrogens is 3. The fraction of sp³-hybridized carbons (Fsp3) is 0.286. The Labute approximate surface area is 176 Å². The molecule has 3 aromatic rings. The Morgan fingerprint density at radius 1 is 0.964 bits per heavy atom. The van der Waals surface area contributed by atoms with Crippen LogP contribution >= 0.6 is 24.0 Å². The number of benzene rings is 2. The Hall–Kier alpha value is -2.21. The predicted octanol–water partition coefficient (Wildman–Crippen LogP) is 4.95. The fourth-order valence-electron chi connectivity index (χ4n) is 2.83. The maximum atomic E-state index is 6.37. The second-order valence-electron chi connectivity index (χ2n) is 6.78. The monoisotopic (exact) mass is 418 g/mol. The molecule has 1 heterocycles. The van der Waals surface area contributed by atoms with Gasteiger partial charge in [-0.25, -0.2) is 4.98 Å². The minimum absolute atomic E-state index is 0. The Balaban J connectivity index is 0.00000280. The first-order chi connectivity index (χ1) is 13.0. The van der Waals surface area contributed by atoms with Crippen molar-refractivity contribution in [2.45, 2.75) is 26.8 Å². The summed E-state index contributed by atoms with van der Waals surface area (Å²) in [6.07, 6.45) is 1.04. The molecule has 0 amide bonds. The van der Waals surface area contributed by atoms with E-state index < -0.39 is 0 Å². The lowest BCUT2D eigenvalue weighted by molar-refractivity contribution is 0.379. The van der Waals surface area contributed by atoms with E-state index in [9.17, 15) is 0 Å². The Bertz CT molecular complexity index is 930. The van der Waals surface area contributed by atoms with Crippen LogP contribution in [-0.2, 0) is 13.0 Å². The second kappa shape index (κ2) is 9.82. The van der Waals surface area contributed by atoms with Crippen molar-refractivity contribution < 1.29 is 4.74 Å². The molecule has 148 valence electrons. The molecule has 0 fully saturated rings. The van der Waals surface area contributed by atoms with Crippen molar-refractivity contribution in [2.75, 3.05) is 7.11 Å². The lowest BCUT2D eigenvalue weighted by Gasteiger charge is -2.10. The van der Waals surface area contributed by atoms with Gasteiger partial charge in [-0.2, -0.15) is 9.97 Å². The molecule has 5 nitrogen and oxygen atoms in total. The van der Waals surface area contributed by atoms with Crippen molar-refractivity contribution in [3.63, 3.8) is 0 Å². The van der Waals surface area contributed by atoms with Crippen molar-refractivity contribution in [3.8, 4) is 28.8 Å². The standard InChI is InChI=1S/C21H23ClN4O.ClH/c1-13(2)10-14-4-7-16(8-5-14)19-24-20(26-21(25-19)27-3)17-11-15(12-23)6-9-18(17)22;/h4-9,11,13H,10,12,23H2,1-3H3;1H. The van der Waals surface area contributed by atoms with Gasteiger partial charge in [0.1, 0.15) is 0 Å². The van der Waals surface area contributed by atoms with Crippen LogP contribution < -0.4 is 10.5 Å². The van der Waals surface area contributed by atoms with Crippen LogP contribution in [0.15, 0.2) is 42.5 Å². The highest BCUT2D eigenvalue weighted by molar-refractivity contribution is 6.33. The fourth-order valence-corrected chi connectivity index (χ4v) is 3.03. The first-order valence-corrected chi connectivity index (χ1v) is 9.26. The predicted molar refractivity (Wildman–Crippen MR) is 116 cm³/mol. The third-order valence-electron chi connectivity index (χ3n) is 4.16. The summed E-state index contributed by atoms with van der Waals surface area (Å²) >= 11 is 6.37. The first-order valence-electron chi connectivity index (χ1n) is 8.88. The van der Waals surface area contributed by atoms with Crippen LogP contribution in [-0.4, -0.2) is 22.1 Å². The van der Waals surface area contributed by atoms with E-state index in [1.165, 1.54) is 12.7 Å². The molecule has 2 aromatic carbocycles. The van der Waals surface area contributed by atoms with E-state index in [0.29, 0.717) is 34.7 Å². The molecule has 0 atom stereocenters. The molecule has 0 aliphatic heterocycles. The zero-order chi connectivity index (χ0) is 19.4. The molecule has 0 aliphatic carbocycles. The molecule has 0 bridgehead atoms. The Morgan fingerprint density at radius 3 is 2.21 bits per heavy atom. The lowest BCUT2D eigenvalue weighted by Crippen LogP contribution is -2.02. The topological polar surface area (TPSA) is 73.9 Å². The van der Waals surface area contributed by atoms with E-state index in [2.05, 4.69) is 40.9 Å². The van der Waals surface area contributed by atoms with Gasteiger partial charge < -0.3 is 10.5 Å². The van der Waals surface area contributed by atoms with Crippen LogP contribution in [0.2, 0.25) is 5.02 Å². The number of hydrogen-bond donors (Lipinski definition) is 1. The summed E-state index contributed by atoms with van der Waals surface area (Å²) in [5.41, 5.74) is 9.59. The zero-order valence-corrected chi connectivity index (χ0v) is 17.7.